The first-order chi connectivity index (χ1) is 26.4. The molecule has 0 aliphatic carbocycles. The summed E-state index contributed by atoms with van der Waals surface area (Å²) in [4.78, 5) is 56.3. The first-order valence-corrected chi connectivity index (χ1v) is 20.3. The number of carbonyl (C=O) groups excluding carboxylic acids is 4. The number of para-hydroxylation sites is 1. The van der Waals surface area contributed by atoms with Crippen molar-refractivity contribution in [1.29, 1.82) is 0 Å². The number of allylic oxidation sites excluding steroid dienone is 2. The van der Waals surface area contributed by atoms with E-state index in [-0.39, 0.29) is 31.6 Å². The van der Waals surface area contributed by atoms with Gasteiger partial charge in [-0.2, -0.15) is 0 Å². The second-order valence-electron chi connectivity index (χ2n) is 14.2. The van der Waals surface area contributed by atoms with Crippen LogP contribution in [0, 0.1) is 0 Å². The van der Waals surface area contributed by atoms with Gasteiger partial charge in [-0.3, -0.25) is 9.59 Å². The van der Waals surface area contributed by atoms with E-state index in [1.54, 1.807) is 40.1 Å². The molecule has 1 unspecified atom stereocenters. The van der Waals surface area contributed by atoms with Crippen LogP contribution in [0.4, 0.5) is 9.59 Å². The third-order valence-electron chi connectivity index (χ3n) is 10.1. The standard InChI is InChI=1S/C42H66N4O8/c1-4-5-6-7-8-9-10-11-12-13-14-15-16-17-18-26-39(47)44-28-30-45(31-29-44)42(50)54-34-36(51-2)33-53-41(49)43-32-35-23-21-22-27-46(35)40(48)37-24-19-20-25-38(37)52-3/h19-25,36H,4-18,26-34H2,1-3H3,(H,43,49). The van der Waals surface area contributed by atoms with Gasteiger partial charge < -0.3 is 39.0 Å². The van der Waals surface area contributed by atoms with Crippen LogP contribution in [0.3, 0.4) is 0 Å². The molecule has 2 heterocycles. The minimum absolute atomic E-state index is 0.0602. The summed E-state index contributed by atoms with van der Waals surface area (Å²) in [7, 11) is 2.96. The minimum Gasteiger partial charge on any atom is -0.496 e. The molecule has 1 aromatic rings. The van der Waals surface area contributed by atoms with E-state index in [0.29, 0.717) is 56.2 Å². The largest absolute Gasteiger partial charge is 0.496 e. The molecule has 2 aliphatic heterocycles. The number of piperazine rings is 1. The predicted octanol–water partition coefficient (Wildman–Crippen LogP) is 7.87. The quantitative estimate of drug-likeness (QED) is 0.100. The summed E-state index contributed by atoms with van der Waals surface area (Å²) in [5.74, 6) is 0.371. The number of alkyl carbamates (subject to hydrolysis) is 1. The number of nitrogens with one attached hydrogen (secondary N) is 1. The highest BCUT2D eigenvalue weighted by molar-refractivity contribution is 5.98. The maximum absolute atomic E-state index is 13.3. The normalized spacial score (nSPS) is 14.7. The first kappa shape index (κ1) is 44.3. The molecule has 12 heteroatoms. The lowest BCUT2D eigenvalue weighted by molar-refractivity contribution is -0.133. The Balaban J connectivity index is 1.22. The molecule has 2 aliphatic rings. The maximum atomic E-state index is 13.3. The van der Waals surface area contributed by atoms with Gasteiger partial charge in [0, 0.05) is 52.0 Å². The highest BCUT2D eigenvalue weighted by Crippen LogP contribution is 2.22. The highest BCUT2D eigenvalue weighted by Gasteiger charge is 2.26. The Hall–Kier alpha value is -4.06. The van der Waals surface area contributed by atoms with Gasteiger partial charge in [0.2, 0.25) is 5.91 Å². The lowest BCUT2D eigenvalue weighted by Crippen LogP contribution is -2.51. The van der Waals surface area contributed by atoms with Gasteiger partial charge in [-0.25, -0.2) is 9.59 Å². The van der Waals surface area contributed by atoms with Gasteiger partial charge in [-0.05, 0) is 24.6 Å². The Kier molecular flexibility index (Phi) is 21.9. The van der Waals surface area contributed by atoms with Gasteiger partial charge in [-0.15, -0.1) is 0 Å². The molecule has 4 amide bonds. The van der Waals surface area contributed by atoms with Crippen molar-refractivity contribution in [1.82, 2.24) is 20.0 Å². The Labute approximate surface area is 323 Å². The second kappa shape index (κ2) is 26.7. The van der Waals surface area contributed by atoms with E-state index in [4.69, 9.17) is 18.9 Å². The van der Waals surface area contributed by atoms with Crippen molar-refractivity contribution in [2.75, 3.05) is 66.7 Å². The molecule has 0 aromatic heterocycles. The number of unbranched alkanes of at least 4 members (excludes halogenated alkanes) is 14. The molecule has 1 atom stereocenters. The van der Waals surface area contributed by atoms with E-state index in [9.17, 15) is 19.2 Å². The zero-order valence-electron chi connectivity index (χ0n) is 33.2. The Morgan fingerprint density at radius 3 is 1.93 bits per heavy atom. The Morgan fingerprint density at radius 2 is 1.31 bits per heavy atom. The van der Waals surface area contributed by atoms with E-state index < -0.39 is 18.3 Å². The smallest absolute Gasteiger partial charge is 0.409 e. The van der Waals surface area contributed by atoms with Gasteiger partial charge in [0.05, 0.1) is 19.2 Å². The first-order valence-electron chi connectivity index (χ1n) is 20.3. The minimum atomic E-state index is -0.700. The van der Waals surface area contributed by atoms with E-state index in [0.717, 1.165) is 12.8 Å². The molecule has 12 nitrogen and oxygen atoms in total. The van der Waals surface area contributed by atoms with Crippen LogP contribution in [0.5, 0.6) is 5.75 Å². The van der Waals surface area contributed by atoms with Crippen LogP contribution in [-0.2, 0) is 19.0 Å². The molecule has 302 valence electrons. The predicted molar refractivity (Wildman–Crippen MR) is 210 cm³/mol. The molecule has 54 heavy (non-hydrogen) atoms. The number of benzene rings is 1. The number of hydrogen-bond donors (Lipinski definition) is 1. The summed E-state index contributed by atoms with van der Waals surface area (Å²) in [5.41, 5.74) is 1.01. The van der Waals surface area contributed by atoms with Crippen LogP contribution in [0.2, 0.25) is 0 Å². The maximum Gasteiger partial charge on any atom is 0.409 e. The molecule has 1 fully saturated rings. The van der Waals surface area contributed by atoms with Crippen molar-refractivity contribution >= 4 is 24.0 Å². The van der Waals surface area contributed by atoms with Crippen LogP contribution < -0.4 is 10.1 Å². The van der Waals surface area contributed by atoms with Gasteiger partial charge in [0.1, 0.15) is 25.1 Å². The van der Waals surface area contributed by atoms with E-state index in [2.05, 4.69) is 12.2 Å². The van der Waals surface area contributed by atoms with Gasteiger partial charge in [-0.1, -0.05) is 121 Å². The zero-order valence-corrected chi connectivity index (χ0v) is 33.2. The van der Waals surface area contributed by atoms with Crippen molar-refractivity contribution in [3.05, 3.63) is 53.8 Å². The lowest BCUT2D eigenvalue weighted by atomic mass is 10.0. The van der Waals surface area contributed by atoms with Crippen LogP contribution >= 0.6 is 0 Å². The Bertz CT molecular complexity index is 1330. The molecule has 0 saturated carbocycles. The summed E-state index contributed by atoms with van der Waals surface area (Å²) in [6.45, 7) is 4.21. The summed E-state index contributed by atoms with van der Waals surface area (Å²) >= 11 is 0. The van der Waals surface area contributed by atoms with E-state index in [1.165, 1.54) is 97.7 Å². The van der Waals surface area contributed by atoms with Gasteiger partial charge >= 0.3 is 12.2 Å². The van der Waals surface area contributed by atoms with E-state index >= 15 is 0 Å². The van der Waals surface area contributed by atoms with Gasteiger partial charge in [0.25, 0.3) is 5.91 Å². The van der Waals surface area contributed by atoms with Crippen molar-refractivity contribution < 1.29 is 38.1 Å². The van der Waals surface area contributed by atoms with Crippen LogP contribution in [0.15, 0.2) is 48.2 Å². The van der Waals surface area contributed by atoms with Crippen molar-refractivity contribution in [2.45, 2.75) is 116 Å². The molecular formula is C42H66N4O8. The number of methoxy groups -OCH3 is 2. The molecule has 1 aromatic carbocycles. The molecule has 0 radical (unpaired) electrons. The molecular weight excluding hydrogens is 688 g/mol. The van der Waals surface area contributed by atoms with Crippen molar-refractivity contribution in [2.24, 2.45) is 0 Å². The lowest BCUT2D eigenvalue weighted by Gasteiger charge is -2.34. The number of nitrogens with zero attached hydrogens (tertiary/aromatic N) is 3. The number of ether oxygens (including phenoxy) is 4. The SMILES string of the molecule is CCCCCCCCCCCCCCCCCC(=O)N1CCN(C(=O)OCC(COC(=O)NCC2=CC=CCN2C(=O)c2ccccc2OC)OC)CC1. The fourth-order valence-electron chi connectivity index (χ4n) is 6.65. The average Bonchev–Trinajstić information content (AvgIpc) is 3.21. The average molecular weight is 755 g/mol. The number of amides is 4. The monoisotopic (exact) mass is 754 g/mol. The van der Waals surface area contributed by atoms with Crippen LogP contribution in [-0.4, -0.2) is 112 Å². The molecule has 3 rings (SSSR count). The van der Waals surface area contributed by atoms with Gasteiger partial charge in [0.15, 0.2) is 0 Å². The van der Waals surface area contributed by atoms with Crippen molar-refractivity contribution in [3.8, 4) is 5.75 Å². The summed E-state index contributed by atoms with van der Waals surface area (Å²) in [6.07, 6.45) is 23.6. The molecule has 0 spiro atoms. The number of carbonyl (C=O) groups is 4. The summed E-state index contributed by atoms with van der Waals surface area (Å²) in [6, 6.07) is 6.98. The zero-order chi connectivity index (χ0) is 38.8. The Morgan fingerprint density at radius 1 is 0.741 bits per heavy atom. The second-order valence-corrected chi connectivity index (χ2v) is 14.2. The van der Waals surface area contributed by atoms with Crippen LogP contribution in [0.25, 0.3) is 0 Å². The fraction of sp³-hybridized carbons (Fsp3) is 0.667. The molecule has 1 N–H and O–H groups in total. The third kappa shape index (κ3) is 16.5. The molecule has 0 bridgehead atoms. The summed E-state index contributed by atoms with van der Waals surface area (Å²) in [5, 5.41) is 2.67. The number of hydrogen-bond acceptors (Lipinski definition) is 8. The highest BCUT2D eigenvalue weighted by atomic mass is 16.6. The van der Waals surface area contributed by atoms with Crippen LogP contribution in [0.1, 0.15) is 120 Å². The topological polar surface area (TPSA) is 127 Å². The summed E-state index contributed by atoms with van der Waals surface area (Å²) < 4.78 is 21.5. The molecule has 1 saturated heterocycles. The fourth-order valence-corrected chi connectivity index (χ4v) is 6.65. The van der Waals surface area contributed by atoms with Crippen molar-refractivity contribution in [3.63, 3.8) is 0 Å². The third-order valence-corrected chi connectivity index (χ3v) is 10.1. The van der Waals surface area contributed by atoms with E-state index in [1.807, 2.05) is 17.1 Å². The number of rotatable bonds is 25.